The molecule has 2 N–H and O–H groups in total. The van der Waals surface area contributed by atoms with E-state index in [0.717, 1.165) is 10.9 Å². The third-order valence-corrected chi connectivity index (χ3v) is 2.34. The maximum atomic E-state index is 11.9. The maximum Gasteiger partial charge on any atom is 0.411 e. The van der Waals surface area contributed by atoms with Gasteiger partial charge in [0, 0.05) is 5.69 Å². The van der Waals surface area contributed by atoms with E-state index in [0.29, 0.717) is 11.2 Å². The SMILES string of the molecule is Nc1ccc2ncn(COCC(F)(F)F)c(=O)c2c1. The molecule has 0 radical (unpaired) electrons. The van der Waals surface area contributed by atoms with Crippen molar-refractivity contribution in [2.45, 2.75) is 12.9 Å². The van der Waals surface area contributed by atoms with Gasteiger partial charge in [0.25, 0.3) is 5.56 Å². The largest absolute Gasteiger partial charge is 0.411 e. The number of alkyl halides is 3. The average Bonchev–Trinajstić information content (AvgIpc) is 2.31. The summed E-state index contributed by atoms with van der Waals surface area (Å²) in [6.07, 6.45) is -3.30. The number of nitrogens with two attached hydrogens (primary N) is 1. The Balaban J connectivity index is 2.25. The van der Waals surface area contributed by atoms with Gasteiger partial charge in [-0.1, -0.05) is 0 Å². The molecule has 0 spiro atoms. The first-order valence-electron chi connectivity index (χ1n) is 5.26. The molecule has 0 bridgehead atoms. The number of nitrogen functional groups attached to an aromatic ring is 1. The highest BCUT2D eigenvalue weighted by Crippen LogP contribution is 2.15. The van der Waals surface area contributed by atoms with E-state index in [1.54, 1.807) is 12.1 Å². The molecule has 0 aliphatic heterocycles. The summed E-state index contributed by atoms with van der Waals surface area (Å²) in [7, 11) is 0. The highest BCUT2D eigenvalue weighted by molar-refractivity contribution is 5.80. The molecule has 0 amide bonds. The summed E-state index contributed by atoms with van der Waals surface area (Å²) >= 11 is 0. The fourth-order valence-corrected chi connectivity index (χ4v) is 1.53. The van der Waals surface area contributed by atoms with Gasteiger partial charge in [0.05, 0.1) is 10.9 Å². The van der Waals surface area contributed by atoms with Crippen molar-refractivity contribution in [3.05, 3.63) is 34.9 Å². The fraction of sp³-hybridized carbons (Fsp3) is 0.273. The van der Waals surface area contributed by atoms with Crippen LogP contribution in [-0.2, 0) is 11.5 Å². The summed E-state index contributed by atoms with van der Waals surface area (Å²) in [6, 6.07) is 4.57. The molecular weight excluding hydrogens is 263 g/mol. The Morgan fingerprint density at radius 1 is 1.37 bits per heavy atom. The van der Waals surface area contributed by atoms with Crippen LogP contribution in [0.4, 0.5) is 18.9 Å². The second-order valence-electron chi connectivity index (χ2n) is 3.89. The zero-order valence-electron chi connectivity index (χ0n) is 9.65. The molecule has 5 nitrogen and oxygen atoms in total. The first-order valence-corrected chi connectivity index (χ1v) is 5.26. The highest BCUT2D eigenvalue weighted by Gasteiger charge is 2.27. The molecule has 2 rings (SSSR count). The Kier molecular flexibility index (Phi) is 3.43. The van der Waals surface area contributed by atoms with Gasteiger partial charge >= 0.3 is 6.18 Å². The van der Waals surface area contributed by atoms with Crippen LogP contribution in [0.15, 0.2) is 29.3 Å². The average molecular weight is 273 g/mol. The van der Waals surface area contributed by atoms with Gasteiger partial charge in [-0.15, -0.1) is 0 Å². The van der Waals surface area contributed by atoms with Gasteiger partial charge in [-0.05, 0) is 18.2 Å². The van der Waals surface area contributed by atoms with Crippen LogP contribution in [0.2, 0.25) is 0 Å². The topological polar surface area (TPSA) is 70.1 Å². The minimum atomic E-state index is -4.43. The third kappa shape index (κ3) is 3.22. The Hall–Kier alpha value is -2.09. The molecule has 19 heavy (non-hydrogen) atoms. The summed E-state index contributed by atoms with van der Waals surface area (Å²) in [5.74, 6) is 0. The molecular formula is C11H10F3N3O2. The quantitative estimate of drug-likeness (QED) is 0.861. The van der Waals surface area contributed by atoms with E-state index in [9.17, 15) is 18.0 Å². The lowest BCUT2D eigenvalue weighted by molar-refractivity contribution is -0.182. The number of hydrogen-bond donors (Lipinski definition) is 1. The van der Waals surface area contributed by atoms with Crippen LogP contribution in [0.1, 0.15) is 0 Å². The molecule has 2 aromatic rings. The Morgan fingerprint density at radius 3 is 2.79 bits per heavy atom. The van der Waals surface area contributed by atoms with Gasteiger partial charge in [-0.3, -0.25) is 9.36 Å². The molecule has 1 aromatic carbocycles. The van der Waals surface area contributed by atoms with Crippen molar-refractivity contribution in [1.82, 2.24) is 9.55 Å². The smallest absolute Gasteiger partial charge is 0.399 e. The summed E-state index contributed by atoms with van der Waals surface area (Å²) in [4.78, 5) is 15.9. The molecule has 0 fully saturated rings. The first kappa shape index (κ1) is 13.3. The van der Waals surface area contributed by atoms with E-state index in [1.165, 1.54) is 6.07 Å². The zero-order valence-corrected chi connectivity index (χ0v) is 9.65. The predicted octanol–water partition coefficient (Wildman–Crippen LogP) is 1.52. The molecule has 1 heterocycles. The van der Waals surface area contributed by atoms with Gasteiger partial charge in [0.1, 0.15) is 19.7 Å². The van der Waals surface area contributed by atoms with Crippen molar-refractivity contribution < 1.29 is 17.9 Å². The van der Waals surface area contributed by atoms with Crippen molar-refractivity contribution >= 4 is 16.6 Å². The van der Waals surface area contributed by atoms with Crippen LogP contribution in [0.5, 0.6) is 0 Å². The van der Waals surface area contributed by atoms with Gasteiger partial charge in [-0.2, -0.15) is 13.2 Å². The van der Waals surface area contributed by atoms with Gasteiger partial charge in [0.15, 0.2) is 0 Å². The Morgan fingerprint density at radius 2 is 2.11 bits per heavy atom. The van der Waals surface area contributed by atoms with Gasteiger partial charge in [0.2, 0.25) is 0 Å². The molecule has 1 aromatic heterocycles. The number of fused-ring (bicyclic) bond motifs is 1. The predicted molar refractivity (Wildman–Crippen MR) is 62.4 cm³/mol. The Bertz CT molecular complexity index is 652. The van der Waals surface area contributed by atoms with Crippen LogP contribution in [0, 0.1) is 0 Å². The highest BCUT2D eigenvalue weighted by atomic mass is 19.4. The molecule has 0 aliphatic carbocycles. The number of hydrogen-bond acceptors (Lipinski definition) is 4. The standard InChI is InChI=1S/C11H10F3N3O2/c12-11(13,14)4-19-6-17-5-16-9-2-1-7(15)3-8(9)10(17)18/h1-3,5H,4,6,15H2. The number of rotatable bonds is 3. The van der Waals surface area contributed by atoms with E-state index in [-0.39, 0.29) is 5.39 Å². The fourth-order valence-electron chi connectivity index (χ4n) is 1.53. The zero-order chi connectivity index (χ0) is 14.0. The summed E-state index contributed by atoms with van der Waals surface area (Å²) < 4.78 is 41.1. The van der Waals surface area contributed by atoms with E-state index < -0.39 is 25.1 Å². The van der Waals surface area contributed by atoms with Crippen molar-refractivity contribution in [2.24, 2.45) is 0 Å². The molecule has 102 valence electrons. The first-order chi connectivity index (χ1) is 8.87. The van der Waals surface area contributed by atoms with Gasteiger partial charge in [-0.25, -0.2) is 4.98 Å². The number of ether oxygens (including phenoxy) is 1. The van der Waals surface area contributed by atoms with Crippen LogP contribution in [-0.4, -0.2) is 22.3 Å². The van der Waals surface area contributed by atoms with Crippen molar-refractivity contribution in [2.75, 3.05) is 12.3 Å². The van der Waals surface area contributed by atoms with Crippen LogP contribution in [0.25, 0.3) is 10.9 Å². The molecule has 0 atom stereocenters. The molecule has 0 saturated heterocycles. The number of benzene rings is 1. The second kappa shape index (κ2) is 4.88. The van der Waals surface area contributed by atoms with Crippen LogP contribution < -0.4 is 11.3 Å². The lowest BCUT2D eigenvalue weighted by atomic mass is 10.2. The third-order valence-electron chi connectivity index (χ3n) is 2.34. The number of nitrogens with zero attached hydrogens (tertiary/aromatic N) is 2. The van der Waals surface area contributed by atoms with Gasteiger partial charge < -0.3 is 10.5 Å². The van der Waals surface area contributed by atoms with E-state index in [4.69, 9.17) is 5.73 Å². The summed E-state index contributed by atoms with van der Waals surface area (Å²) in [6.45, 7) is -1.94. The maximum absolute atomic E-state index is 11.9. The van der Waals surface area contributed by atoms with E-state index in [1.807, 2.05) is 0 Å². The monoisotopic (exact) mass is 273 g/mol. The Labute approximate surface area is 105 Å². The number of anilines is 1. The van der Waals surface area contributed by atoms with Crippen LogP contribution in [0.3, 0.4) is 0 Å². The lowest BCUT2D eigenvalue weighted by Gasteiger charge is -2.09. The van der Waals surface area contributed by atoms with Crippen LogP contribution >= 0.6 is 0 Å². The normalized spacial score (nSPS) is 11.9. The van der Waals surface area contributed by atoms with Crippen molar-refractivity contribution in [3.8, 4) is 0 Å². The van der Waals surface area contributed by atoms with Crippen molar-refractivity contribution in [3.63, 3.8) is 0 Å². The minimum Gasteiger partial charge on any atom is -0.399 e. The van der Waals surface area contributed by atoms with E-state index >= 15 is 0 Å². The lowest BCUT2D eigenvalue weighted by Crippen LogP contribution is -2.25. The molecule has 0 unspecified atom stereocenters. The molecule has 0 saturated carbocycles. The van der Waals surface area contributed by atoms with Crippen molar-refractivity contribution in [1.29, 1.82) is 0 Å². The number of halogens is 3. The summed E-state index contributed by atoms with van der Waals surface area (Å²) in [5, 5.41) is 0.234. The minimum absolute atomic E-state index is 0.234. The molecule has 8 heteroatoms. The van der Waals surface area contributed by atoms with E-state index in [2.05, 4.69) is 9.72 Å². The number of aromatic nitrogens is 2. The summed E-state index contributed by atoms with van der Waals surface area (Å²) in [5.41, 5.74) is 5.84. The second-order valence-corrected chi connectivity index (χ2v) is 3.89. The molecule has 0 aliphatic rings.